The van der Waals surface area contributed by atoms with Crippen LogP contribution in [0.3, 0.4) is 0 Å². The first-order valence-corrected chi connectivity index (χ1v) is 6.91. The fourth-order valence-corrected chi connectivity index (χ4v) is 3.04. The van der Waals surface area contributed by atoms with Crippen LogP contribution in [0.25, 0.3) is 0 Å². The van der Waals surface area contributed by atoms with Gasteiger partial charge in [0.05, 0.1) is 0 Å². The maximum Gasteiger partial charge on any atom is 0.133 e. The van der Waals surface area contributed by atoms with Crippen molar-refractivity contribution in [2.45, 2.75) is 51.4 Å². The van der Waals surface area contributed by atoms with Crippen molar-refractivity contribution in [1.82, 2.24) is 15.3 Å². The third kappa shape index (κ3) is 2.21. The van der Waals surface area contributed by atoms with Crippen molar-refractivity contribution in [2.75, 3.05) is 13.1 Å². The Bertz CT molecular complexity index is 408. The molecule has 1 atom stereocenters. The second kappa shape index (κ2) is 4.73. The van der Waals surface area contributed by atoms with E-state index in [1.165, 1.54) is 49.1 Å². The minimum absolute atomic E-state index is 0.544. The summed E-state index contributed by atoms with van der Waals surface area (Å²) in [5.41, 5.74) is 4.02. The zero-order valence-electron chi connectivity index (χ0n) is 10.6. The second-order valence-corrected chi connectivity index (χ2v) is 5.34. The Balaban J connectivity index is 1.96. The molecule has 0 amide bonds. The van der Waals surface area contributed by atoms with Gasteiger partial charge in [-0.2, -0.15) is 0 Å². The molecular weight excluding hydrogens is 210 g/mol. The Hall–Kier alpha value is -0.960. The van der Waals surface area contributed by atoms with E-state index >= 15 is 0 Å². The van der Waals surface area contributed by atoms with Gasteiger partial charge in [-0.15, -0.1) is 0 Å². The maximum atomic E-state index is 4.86. The minimum Gasteiger partial charge on any atom is -0.316 e. The fourth-order valence-electron chi connectivity index (χ4n) is 3.04. The molecule has 1 aliphatic heterocycles. The van der Waals surface area contributed by atoms with Gasteiger partial charge in [-0.3, -0.25) is 0 Å². The molecule has 1 saturated heterocycles. The number of aromatic nitrogens is 2. The normalized spacial score (nSPS) is 24.4. The SMILES string of the molecule is Cc1nc(C2CCNC2)nc2c1CCCCC2. The summed E-state index contributed by atoms with van der Waals surface area (Å²) in [6.07, 6.45) is 7.48. The van der Waals surface area contributed by atoms with Gasteiger partial charge in [-0.05, 0) is 51.1 Å². The summed E-state index contributed by atoms with van der Waals surface area (Å²) in [6.45, 7) is 4.33. The van der Waals surface area contributed by atoms with Crippen molar-refractivity contribution in [1.29, 1.82) is 0 Å². The first-order chi connectivity index (χ1) is 8.34. The molecule has 3 heteroatoms. The fraction of sp³-hybridized carbons (Fsp3) is 0.714. The number of rotatable bonds is 1. The summed E-state index contributed by atoms with van der Waals surface area (Å²) in [5.74, 6) is 1.63. The molecule has 17 heavy (non-hydrogen) atoms. The molecule has 92 valence electrons. The molecule has 2 heterocycles. The molecule has 0 radical (unpaired) electrons. The number of hydrogen-bond donors (Lipinski definition) is 1. The molecule has 3 nitrogen and oxygen atoms in total. The lowest BCUT2D eigenvalue weighted by Gasteiger charge is -2.13. The number of hydrogen-bond acceptors (Lipinski definition) is 3. The van der Waals surface area contributed by atoms with Crippen LogP contribution in [-0.2, 0) is 12.8 Å². The van der Waals surface area contributed by atoms with Crippen LogP contribution in [0, 0.1) is 6.92 Å². The lowest BCUT2D eigenvalue weighted by molar-refractivity contribution is 0.679. The van der Waals surface area contributed by atoms with E-state index in [4.69, 9.17) is 9.97 Å². The van der Waals surface area contributed by atoms with Crippen LogP contribution in [0.15, 0.2) is 0 Å². The largest absolute Gasteiger partial charge is 0.316 e. The first kappa shape index (κ1) is 11.1. The van der Waals surface area contributed by atoms with E-state index in [0.717, 1.165) is 25.3 Å². The summed E-state index contributed by atoms with van der Waals surface area (Å²) >= 11 is 0. The minimum atomic E-state index is 0.544. The molecule has 0 spiro atoms. The topological polar surface area (TPSA) is 37.8 Å². The Morgan fingerprint density at radius 3 is 2.82 bits per heavy atom. The number of nitrogens with zero attached hydrogens (tertiary/aromatic N) is 2. The van der Waals surface area contributed by atoms with Crippen LogP contribution in [0.4, 0.5) is 0 Å². The Kier molecular flexibility index (Phi) is 3.10. The third-order valence-corrected chi connectivity index (χ3v) is 4.08. The maximum absolute atomic E-state index is 4.86. The molecule has 3 rings (SSSR count). The summed E-state index contributed by atoms with van der Waals surface area (Å²) in [7, 11) is 0. The van der Waals surface area contributed by atoms with E-state index < -0.39 is 0 Å². The van der Waals surface area contributed by atoms with E-state index in [0.29, 0.717) is 5.92 Å². The zero-order valence-corrected chi connectivity index (χ0v) is 10.6. The molecule has 1 aliphatic carbocycles. The third-order valence-electron chi connectivity index (χ3n) is 4.08. The molecule has 1 N–H and O–H groups in total. The van der Waals surface area contributed by atoms with E-state index in [1.807, 2.05) is 0 Å². The molecule has 1 unspecified atom stereocenters. The highest BCUT2D eigenvalue weighted by Crippen LogP contribution is 2.25. The number of aryl methyl sites for hydroxylation is 2. The van der Waals surface area contributed by atoms with Crippen LogP contribution in [0.5, 0.6) is 0 Å². The smallest absolute Gasteiger partial charge is 0.133 e. The molecular formula is C14H21N3. The Morgan fingerprint density at radius 1 is 1.12 bits per heavy atom. The lowest BCUT2D eigenvalue weighted by atomic mass is 10.0. The number of nitrogens with one attached hydrogen (secondary N) is 1. The van der Waals surface area contributed by atoms with Gasteiger partial charge < -0.3 is 5.32 Å². The van der Waals surface area contributed by atoms with Crippen LogP contribution < -0.4 is 5.32 Å². The highest BCUT2D eigenvalue weighted by Gasteiger charge is 2.22. The van der Waals surface area contributed by atoms with Gasteiger partial charge in [-0.1, -0.05) is 6.42 Å². The predicted molar refractivity (Wildman–Crippen MR) is 68.3 cm³/mol. The molecule has 0 aromatic carbocycles. The summed E-state index contributed by atoms with van der Waals surface area (Å²) in [4.78, 5) is 9.62. The summed E-state index contributed by atoms with van der Waals surface area (Å²) in [6, 6.07) is 0. The monoisotopic (exact) mass is 231 g/mol. The predicted octanol–water partition coefficient (Wildman–Crippen LogP) is 2.13. The van der Waals surface area contributed by atoms with Crippen molar-refractivity contribution in [3.05, 3.63) is 22.8 Å². The van der Waals surface area contributed by atoms with Crippen LogP contribution in [-0.4, -0.2) is 23.1 Å². The van der Waals surface area contributed by atoms with Gasteiger partial charge in [0.25, 0.3) is 0 Å². The van der Waals surface area contributed by atoms with Gasteiger partial charge in [0.2, 0.25) is 0 Å². The van der Waals surface area contributed by atoms with E-state index in [1.54, 1.807) is 0 Å². The Morgan fingerprint density at radius 2 is 2.00 bits per heavy atom. The summed E-state index contributed by atoms with van der Waals surface area (Å²) in [5, 5.41) is 3.40. The second-order valence-electron chi connectivity index (χ2n) is 5.34. The molecule has 0 bridgehead atoms. The van der Waals surface area contributed by atoms with Crippen molar-refractivity contribution in [3.63, 3.8) is 0 Å². The van der Waals surface area contributed by atoms with Crippen molar-refractivity contribution in [3.8, 4) is 0 Å². The van der Waals surface area contributed by atoms with Gasteiger partial charge >= 0.3 is 0 Å². The van der Waals surface area contributed by atoms with Crippen molar-refractivity contribution >= 4 is 0 Å². The molecule has 0 saturated carbocycles. The van der Waals surface area contributed by atoms with Gasteiger partial charge in [0.15, 0.2) is 0 Å². The molecule has 1 aromatic heterocycles. The van der Waals surface area contributed by atoms with Gasteiger partial charge in [0.1, 0.15) is 5.82 Å². The highest BCUT2D eigenvalue weighted by molar-refractivity contribution is 5.27. The standard InChI is InChI=1S/C14H21N3/c1-10-12-5-3-2-4-6-13(12)17-14(16-10)11-7-8-15-9-11/h11,15H,2-9H2,1H3. The first-order valence-electron chi connectivity index (χ1n) is 6.91. The summed E-state index contributed by atoms with van der Waals surface area (Å²) < 4.78 is 0. The average Bonchev–Trinajstić information content (AvgIpc) is 2.75. The highest BCUT2D eigenvalue weighted by atomic mass is 15.0. The van der Waals surface area contributed by atoms with Gasteiger partial charge in [-0.25, -0.2) is 9.97 Å². The van der Waals surface area contributed by atoms with Crippen molar-refractivity contribution in [2.24, 2.45) is 0 Å². The van der Waals surface area contributed by atoms with E-state index in [2.05, 4.69) is 12.2 Å². The number of fused-ring (bicyclic) bond motifs is 1. The zero-order chi connectivity index (χ0) is 11.7. The average molecular weight is 231 g/mol. The Labute approximate surface area is 103 Å². The molecule has 2 aliphatic rings. The van der Waals surface area contributed by atoms with Gasteiger partial charge in [0, 0.05) is 23.9 Å². The van der Waals surface area contributed by atoms with Crippen LogP contribution >= 0.6 is 0 Å². The van der Waals surface area contributed by atoms with E-state index in [-0.39, 0.29) is 0 Å². The lowest BCUT2D eigenvalue weighted by Crippen LogP contribution is -2.13. The van der Waals surface area contributed by atoms with Crippen LogP contribution in [0.1, 0.15) is 54.4 Å². The molecule has 1 fully saturated rings. The van der Waals surface area contributed by atoms with E-state index in [9.17, 15) is 0 Å². The van der Waals surface area contributed by atoms with Crippen molar-refractivity contribution < 1.29 is 0 Å². The van der Waals surface area contributed by atoms with Crippen LogP contribution in [0.2, 0.25) is 0 Å². The quantitative estimate of drug-likeness (QED) is 0.752. The molecule has 1 aromatic rings.